The van der Waals surface area contributed by atoms with Crippen LogP contribution in [0.3, 0.4) is 0 Å². The van der Waals surface area contributed by atoms with Crippen LogP contribution in [0.15, 0.2) is 0 Å². The molecule has 1 saturated heterocycles. The minimum absolute atomic E-state index is 0.0971. The van der Waals surface area contributed by atoms with E-state index in [9.17, 15) is 4.79 Å². The summed E-state index contributed by atoms with van der Waals surface area (Å²) in [6, 6.07) is 0. The molecule has 0 saturated carbocycles. The molecular weight excluding hydrogens is 214 g/mol. The molecule has 0 radical (unpaired) electrons. The van der Waals surface area contributed by atoms with E-state index in [-0.39, 0.29) is 11.8 Å². The van der Waals surface area contributed by atoms with Crippen molar-refractivity contribution in [2.24, 2.45) is 11.7 Å². The lowest BCUT2D eigenvalue weighted by atomic mass is 10.1. The van der Waals surface area contributed by atoms with Crippen molar-refractivity contribution in [1.82, 2.24) is 10.2 Å². The van der Waals surface area contributed by atoms with E-state index < -0.39 is 0 Å². The van der Waals surface area contributed by atoms with Crippen molar-refractivity contribution in [3.8, 4) is 0 Å². The molecule has 1 atom stereocenters. The number of likely N-dealkylation sites (tertiary alicyclic amines) is 1. The van der Waals surface area contributed by atoms with E-state index >= 15 is 0 Å². The highest BCUT2D eigenvalue weighted by atomic mass is 16.1. The summed E-state index contributed by atoms with van der Waals surface area (Å²) in [7, 11) is 0. The van der Waals surface area contributed by atoms with Gasteiger partial charge in [-0.3, -0.25) is 4.79 Å². The minimum atomic E-state index is 0.0971. The first-order chi connectivity index (χ1) is 8.24. The maximum absolute atomic E-state index is 11.7. The molecule has 0 aliphatic carbocycles. The van der Waals surface area contributed by atoms with Gasteiger partial charge in [-0.2, -0.15) is 0 Å². The molecule has 100 valence electrons. The van der Waals surface area contributed by atoms with Gasteiger partial charge in [-0.15, -0.1) is 0 Å². The van der Waals surface area contributed by atoms with Crippen LogP contribution in [0.4, 0.5) is 0 Å². The zero-order valence-electron chi connectivity index (χ0n) is 11.1. The van der Waals surface area contributed by atoms with Crippen LogP contribution in [0.1, 0.15) is 39.0 Å². The molecule has 3 N–H and O–H groups in total. The van der Waals surface area contributed by atoms with Crippen molar-refractivity contribution in [2.45, 2.75) is 39.0 Å². The average Bonchev–Trinajstić information content (AvgIpc) is 2.37. The number of nitrogens with one attached hydrogen (secondary N) is 1. The molecule has 1 heterocycles. The normalized spacial score (nSPS) is 18.9. The molecule has 1 amide bonds. The summed E-state index contributed by atoms with van der Waals surface area (Å²) < 4.78 is 0. The van der Waals surface area contributed by atoms with Crippen molar-refractivity contribution in [1.29, 1.82) is 0 Å². The molecule has 0 aromatic heterocycles. The van der Waals surface area contributed by atoms with Crippen LogP contribution < -0.4 is 11.1 Å². The number of hydrogen-bond acceptors (Lipinski definition) is 3. The lowest BCUT2D eigenvalue weighted by Crippen LogP contribution is -2.39. The topological polar surface area (TPSA) is 58.4 Å². The first-order valence-corrected chi connectivity index (χ1v) is 6.94. The molecule has 0 aromatic rings. The van der Waals surface area contributed by atoms with Gasteiger partial charge in [0.1, 0.15) is 0 Å². The van der Waals surface area contributed by atoms with Gasteiger partial charge in [-0.05, 0) is 45.3 Å². The third-order valence-corrected chi connectivity index (χ3v) is 3.46. The molecule has 17 heavy (non-hydrogen) atoms. The van der Waals surface area contributed by atoms with Gasteiger partial charge in [0.25, 0.3) is 0 Å². The highest BCUT2D eigenvalue weighted by molar-refractivity contribution is 5.78. The van der Waals surface area contributed by atoms with Crippen molar-refractivity contribution < 1.29 is 4.79 Å². The number of carbonyl (C=O) groups excluding carboxylic acids is 1. The summed E-state index contributed by atoms with van der Waals surface area (Å²) in [6.07, 6.45) is 5.80. The van der Waals surface area contributed by atoms with Gasteiger partial charge < -0.3 is 16.0 Å². The number of rotatable bonds is 7. The standard InChI is InChI=1S/C13H27N3O/c1-12(6-5-7-14)13(17)15-8-11-16-9-3-2-4-10-16/h12H,2-11,14H2,1H3,(H,15,17). The van der Waals surface area contributed by atoms with E-state index in [1.165, 1.54) is 32.4 Å². The maximum atomic E-state index is 11.7. The average molecular weight is 241 g/mol. The summed E-state index contributed by atoms with van der Waals surface area (Å²) in [4.78, 5) is 14.2. The van der Waals surface area contributed by atoms with E-state index in [0.29, 0.717) is 6.54 Å². The van der Waals surface area contributed by atoms with Crippen LogP contribution in [0.5, 0.6) is 0 Å². The van der Waals surface area contributed by atoms with E-state index in [2.05, 4.69) is 10.2 Å². The van der Waals surface area contributed by atoms with Gasteiger partial charge in [0, 0.05) is 19.0 Å². The summed E-state index contributed by atoms with van der Waals surface area (Å²) in [5.41, 5.74) is 5.44. The summed E-state index contributed by atoms with van der Waals surface area (Å²) in [5, 5.41) is 3.02. The van der Waals surface area contributed by atoms with Gasteiger partial charge in [0.15, 0.2) is 0 Å². The molecule has 4 nitrogen and oxygen atoms in total. The number of carbonyl (C=O) groups is 1. The number of nitrogens with zero attached hydrogens (tertiary/aromatic N) is 1. The van der Waals surface area contributed by atoms with Gasteiger partial charge >= 0.3 is 0 Å². The molecule has 0 bridgehead atoms. The Morgan fingerprint density at radius 1 is 1.35 bits per heavy atom. The van der Waals surface area contributed by atoms with E-state index in [1.807, 2.05) is 6.92 Å². The predicted molar refractivity (Wildman–Crippen MR) is 70.8 cm³/mol. The smallest absolute Gasteiger partial charge is 0.222 e. The molecule has 1 aliphatic heterocycles. The number of amides is 1. The molecule has 1 unspecified atom stereocenters. The Morgan fingerprint density at radius 2 is 2.06 bits per heavy atom. The maximum Gasteiger partial charge on any atom is 0.222 e. The molecule has 0 aromatic carbocycles. The minimum Gasteiger partial charge on any atom is -0.355 e. The second-order valence-electron chi connectivity index (χ2n) is 5.03. The van der Waals surface area contributed by atoms with Crippen molar-refractivity contribution >= 4 is 5.91 Å². The summed E-state index contributed by atoms with van der Waals surface area (Å²) >= 11 is 0. The molecule has 4 heteroatoms. The quantitative estimate of drug-likeness (QED) is 0.698. The van der Waals surface area contributed by atoms with E-state index in [0.717, 1.165) is 25.9 Å². The molecule has 0 spiro atoms. The Hall–Kier alpha value is -0.610. The fourth-order valence-corrected chi connectivity index (χ4v) is 2.25. The SMILES string of the molecule is CC(CCCN)C(=O)NCCN1CCCCC1. The van der Waals surface area contributed by atoms with Crippen LogP contribution in [-0.2, 0) is 4.79 Å². The Kier molecular flexibility index (Phi) is 7.21. The second kappa shape index (κ2) is 8.48. The predicted octanol–water partition coefficient (Wildman–Crippen LogP) is 0.964. The Labute approximate surface area is 105 Å². The Balaban J connectivity index is 2.06. The van der Waals surface area contributed by atoms with Crippen molar-refractivity contribution in [3.63, 3.8) is 0 Å². The monoisotopic (exact) mass is 241 g/mol. The lowest BCUT2D eigenvalue weighted by molar-refractivity contribution is -0.124. The van der Waals surface area contributed by atoms with E-state index in [1.54, 1.807) is 0 Å². The Bertz CT molecular complexity index is 215. The fraction of sp³-hybridized carbons (Fsp3) is 0.923. The number of nitrogens with two attached hydrogens (primary N) is 1. The van der Waals surface area contributed by atoms with Crippen LogP contribution >= 0.6 is 0 Å². The number of piperidine rings is 1. The van der Waals surface area contributed by atoms with Gasteiger partial charge in [0.2, 0.25) is 5.91 Å². The van der Waals surface area contributed by atoms with Crippen LogP contribution in [-0.4, -0.2) is 43.5 Å². The van der Waals surface area contributed by atoms with Crippen LogP contribution in [0.2, 0.25) is 0 Å². The zero-order chi connectivity index (χ0) is 12.5. The fourth-order valence-electron chi connectivity index (χ4n) is 2.25. The van der Waals surface area contributed by atoms with Crippen molar-refractivity contribution in [2.75, 3.05) is 32.7 Å². The summed E-state index contributed by atoms with van der Waals surface area (Å²) in [5.74, 6) is 0.273. The van der Waals surface area contributed by atoms with Gasteiger partial charge in [-0.25, -0.2) is 0 Å². The second-order valence-corrected chi connectivity index (χ2v) is 5.03. The highest BCUT2D eigenvalue weighted by Crippen LogP contribution is 2.07. The largest absolute Gasteiger partial charge is 0.355 e. The van der Waals surface area contributed by atoms with Crippen molar-refractivity contribution in [3.05, 3.63) is 0 Å². The first-order valence-electron chi connectivity index (χ1n) is 6.94. The Morgan fingerprint density at radius 3 is 2.71 bits per heavy atom. The van der Waals surface area contributed by atoms with Crippen LogP contribution in [0.25, 0.3) is 0 Å². The van der Waals surface area contributed by atoms with Gasteiger partial charge in [0.05, 0.1) is 0 Å². The molecule has 1 rings (SSSR count). The third-order valence-electron chi connectivity index (χ3n) is 3.46. The van der Waals surface area contributed by atoms with Gasteiger partial charge in [-0.1, -0.05) is 13.3 Å². The third kappa shape index (κ3) is 6.03. The lowest BCUT2D eigenvalue weighted by Gasteiger charge is -2.26. The highest BCUT2D eigenvalue weighted by Gasteiger charge is 2.13. The zero-order valence-corrected chi connectivity index (χ0v) is 11.1. The first kappa shape index (κ1) is 14.5. The number of hydrogen-bond donors (Lipinski definition) is 2. The summed E-state index contributed by atoms with van der Waals surface area (Å²) in [6.45, 7) is 6.82. The molecule has 1 aliphatic rings. The van der Waals surface area contributed by atoms with Crippen LogP contribution in [0, 0.1) is 5.92 Å². The molecular formula is C13H27N3O. The van der Waals surface area contributed by atoms with E-state index in [4.69, 9.17) is 5.73 Å². The molecule has 1 fully saturated rings.